The van der Waals surface area contributed by atoms with Crippen LogP contribution < -0.4 is 11.1 Å². The van der Waals surface area contributed by atoms with Crippen LogP contribution in [0.4, 0.5) is 0 Å². The Bertz CT molecular complexity index is 357. The van der Waals surface area contributed by atoms with Crippen molar-refractivity contribution in [2.24, 2.45) is 23.0 Å². The second-order valence-electron chi connectivity index (χ2n) is 6.67. The first-order valence-electron chi connectivity index (χ1n) is 7.52. The van der Waals surface area contributed by atoms with Crippen molar-refractivity contribution in [3.05, 3.63) is 0 Å². The predicted molar refractivity (Wildman–Crippen MR) is 78.1 cm³/mol. The molecule has 0 aromatic heterocycles. The third-order valence-corrected chi connectivity index (χ3v) is 4.39. The fourth-order valence-corrected chi connectivity index (χ4v) is 3.10. The molecule has 5 nitrogen and oxygen atoms in total. The first-order valence-corrected chi connectivity index (χ1v) is 7.52. The first-order chi connectivity index (χ1) is 9.29. The number of rotatable bonds is 7. The van der Waals surface area contributed by atoms with Crippen LogP contribution in [0.15, 0.2) is 0 Å². The van der Waals surface area contributed by atoms with Gasteiger partial charge in [-0.2, -0.15) is 0 Å². The Balaban J connectivity index is 2.55. The molecule has 1 saturated carbocycles. The van der Waals surface area contributed by atoms with Crippen molar-refractivity contribution in [1.82, 2.24) is 5.32 Å². The topological polar surface area (TPSA) is 92.4 Å². The average Bonchev–Trinajstić information content (AvgIpc) is 2.70. The minimum absolute atomic E-state index is 0.0690. The molecule has 1 rings (SSSR count). The second-order valence-corrected chi connectivity index (χ2v) is 6.67. The van der Waals surface area contributed by atoms with Gasteiger partial charge in [-0.1, -0.05) is 20.3 Å². The van der Waals surface area contributed by atoms with Crippen molar-refractivity contribution >= 4 is 11.9 Å². The van der Waals surface area contributed by atoms with E-state index in [1.54, 1.807) is 6.92 Å². The van der Waals surface area contributed by atoms with Gasteiger partial charge in [-0.25, -0.2) is 0 Å². The van der Waals surface area contributed by atoms with Crippen molar-refractivity contribution < 1.29 is 14.7 Å². The number of carboxylic acids is 1. The summed E-state index contributed by atoms with van der Waals surface area (Å²) in [5, 5.41) is 12.2. The van der Waals surface area contributed by atoms with Crippen LogP contribution in [0.3, 0.4) is 0 Å². The number of hydrogen-bond donors (Lipinski definition) is 3. The maximum Gasteiger partial charge on any atom is 0.311 e. The monoisotopic (exact) mass is 284 g/mol. The zero-order valence-electron chi connectivity index (χ0n) is 12.8. The number of nitrogens with two attached hydrogens (primary N) is 1. The van der Waals surface area contributed by atoms with E-state index in [1.807, 2.05) is 0 Å². The molecule has 0 bridgehead atoms. The third kappa shape index (κ3) is 4.20. The van der Waals surface area contributed by atoms with Gasteiger partial charge in [0.05, 0.1) is 5.41 Å². The van der Waals surface area contributed by atoms with Crippen LogP contribution >= 0.6 is 0 Å². The lowest BCUT2D eigenvalue weighted by Gasteiger charge is -2.28. The summed E-state index contributed by atoms with van der Waals surface area (Å²) in [4.78, 5) is 23.5. The van der Waals surface area contributed by atoms with Crippen LogP contribution in [0.5, 0.6) is 0 Å². The van der Waals surface area contributed by atoms with E-state index in [0.29, 0.717) is 25.3 Å². The molecule has 0 aromatic rings. The molecule has 5 heteroatoms. The summed E-state index contributed by atoms with van der Waals surface area (Å²) in [6.45, 7) is 6.44. The quantitative estimate of drug-likeness (QED) is 0.664. The zero-order chi connectivity index (χ0) is 15.3. The van der Waals surface area contributed by atoms with Crippen LogP contribution in [-0.4, -0.2) is 29.6 Å². The molecule has 0 spiro atoms. The molecule has 3 atom stereocenters. The Labute approximate surface area is 121 Å². The summed E-state index contributed by atoms with van der Waals surface area (Å²) in [5.74, 6) is -0.210. The molecule has 0 aliphatic heterocycles. The SMILES string of the molecule is CC(C)CC(CN)CC(=O)NC1CCCC1(C)C(=O)O. The molecule has 0 aromatic carbocycles. The normalized spacial score (nSPS) is 27.6. The largest absolute Gasteiger partial charge is 0.481 e. The molecule has 0 radical (unpaired) electrons. The van der Waals surface area contributed by atoms with Crippen molar-refractivity contribution in [3.63, 3.8) is 0 Å². The third-order valence-electron chi connectivity index (χ3n) is 4.39. The average molecular weight is 284 g/mol. The van der Waals surface area contributed by atoms with Gasteiger partial charge in [-0.05, 0) is 44.6 Å². The van der Waals surface area contributed by atoms with Gasteiger partial charge < -0.3 is 16.2 Å². The Kier molecular flexibility index (Phi) is 5.99. The van der Waals surface area contributed by atoms with Crippen LogP contribution in [0.25, 0.3) is 0 Å². The number of aliphatic carboxylic acids is 1. The molecule has 3 unspecified atom stereocenters. The molecule has 20 heavy (non-hydrogen) atoms. The molecule has 4 N–H and O–H groups in total. The zero-order valence-corrected chi connectivity index (χ0v) is 12.8. The van der Waals surface area contributed by atoms with E-state index in [0.717, 1.165) is 19.3 Å². The van der Waals surface area contributed by atoms with E-state index in [2.05, 4.69) is 19.2 Å². The summed E-state index contributed by atoms with van der Waals surface area (Å²) >= 11 is 0. The number of carboxylic acid groups (broad SMARTS) is 1. The lowest BCUT2D eigenvalue weighted by atomic mass is 9.84. The fourth-order valence-electron chi connectivity index (χ4n) is 3.10. The molecule has 116 valence electrons. The molecule has 1 aliphatic rings. The predicted octanol–water partition coefficient (Wildman–Crippen LogP) is 1.76. The highest BCUT2D eigenvalue weighted by atomic mass is 16.4. The Morgan fingerprint density at radius 1 is 1.45 bits per heavy atom. The van der Waals surface area contributed by atoms with Crippen LogP contribution in [0.1, 0.15) is 52.9 Å². The van der Waals surface area contributed by atoms with Gasteiger partial charge >= 0.3 is 5.97 Å². The van der Waals surface area contributed by atoms with Crippen molar-refractivity contribution in [1.29, 1.82) is 0 Å². The van der Waals surface area contributed by atoms with Crippen LogP contribution in [0.2, 0.25) is 0 Å². The number of carbonyl (C=O) groups excluding carboxylic acids is 1. The Hall–Kier alpha value is -1.10. The maximum absolute atomic E-state index is 12.1. The summed E-state index contributed by atoms with van der Waals surface area (Å²) in [7, 11) is 0. The fraction of sp³-hybridized carbons (Fsp3) is 0.867. The molecule has 1 amide bonds. The van der Waals surface area contributed by atoms with Gasteiger partial charge in [-0.15, -0.1) is 0 Å². The van der Waals surface area contributed by atoms with E-state index in [9.17, 15) is 14.7 Å². The molecule has 1 fully saturated rings. The van der Waals surface area contributed by atoms with E-state index < -0.39 is 11.4 Å². The summed E-state index contributed by atoms with van der Waals surface area (Å²) in [6, 6.07) is -0.259. The molecular formula is C15H28N2O3. The first kappa shape index (κ1) is 17.0. The second kappa shape index (κ2) is 7.07. The van der Waals surface area contributed by atoms with E-state index in [4.69, 9.17) is 5.73 Å². The molecule has 1 aliphatic carbocycles. The Morgan fingerprint density at radius 2 is 2.10 bits per heavy atom. The minimum atomic E-state index is -0.827. The molecule has 0 heterocycles. The van der Waals surface area contributed by atoms with E-state index in [-0.39, 0.29) is 17.9 Å². The van der Waals surface area contributed by atoms with E-state index >= 15 is 0 Å². The molecular weight excluding hydrogens is 256 g/mol. The summed E-state index contributed by atoms with van der Waals surface area (Å²) in [6.07, 6.45) is 3.53. The lowest BCUT2D eigenvalue weighted by Crippen LogP contribution is -2.47. The van der Waals surface area contributed by atoms with Gasteiger partial charge in [0.2, 0.25) is 5.91 Å². The van der Waals surface area contributed by atoms with E-state index in [1.165, 1.54) is 0 Å². The van der Waals surface area contributed by atoms with Gasteiger partial charge in [-0.3, -0.25) is 9.59 Å². The smallest absolute Gasteiger partial charge is 0.311 e. The maximum atomic E-state index is 12.1. The minimum Gasteiger partial charge on any atom is -0.481 e. The van der Waals surface area contributed by atoms with Crippen LogP contribution in [-0.2, 0) is 9.59 Å². The number of hydrogen-bond acceptors (Lipinski definition) is 3. The van der Waals surface area contributed by atoms with Gasteiger partial charge in [0.1, 0.15) is 0 Å². The Morgan fingerprint density at radius 3 is 2.60 bits per heavy atom. The molecule has 0 saturated heterocycles. The van der Waals surface area contributed by atoms with Crippen molar-refractivity contribution in [2.45, 2.75) is 58.9 Å². The van der Waals surface area contributed by atoms with Gasteiger partial charge in [0, 0.05) is 12.5 Å². The lowest BCUT2D eigenvalue weighted by molar-refractivity contribution is -0.149. The van der Waals surface area contributed by atoms with Crippen molar-refractivity contribution in [2.75, 3.05) is 6.54 Å². The number of carbonyl (C=O) groups is 2. The summed E-state index contributed by atoms with van der Waals surface area (Å²) < 4.78 is 0. The highest BCUT2D eigenvalue weighted by Crippen LogP contribution is 2.38. The van der Waals surface area contributed by atoms with Gasteiger partial charge in [0.25, 0.3) is 0 Å². The van der Waals surface area contributed by atoms with Gasteiger partial charge in [0.15, 0.2) is 0 Å². The number of amides is 1. The summed E-state index contributed by atoms with van der Waals surface area (Å²) in [5.41, 5.74) is 4.88. The van der Waals surface area contributed by atoms with Crippen molar-refractivity contribution in [3.8, 4) is 0 Å². The van der Waals surface area contributed by atoms with Crippen LogP contribution in [0, 0.1) is 17.3 Å². The number of nitrogens with one attached hydrogen (secondary N) is 1. The highest BCUT2D eigenvalue weighted by Gasteiger charge is 2.45. The standard InChI is InChI=1S/C15H28N2O3/c1-10(2)7-11(9-16)8-13(18)17-12-5-4-6-15(12,3)14(19)20/h10-12H,4-9,16H2,1-3H3,(H,17,18)(H,19,20). The highest BCUT2D eigenvalue weighted by molar-refractivity contribution is 5.80.